The number of aromatic amines is 1. The van der Waals surface area contributed by atoms with Gasteiger partial charge in [0.2, 0.25) is 5.43 Å². The van der Waals surface area contributed by atoms with Crippen molar-refractivity contribution in [2.75, 3.05) is 56.9 Å². The Bertz CT molecular complexity index is 1970. The number of likely N-dealkylation sites (N-methyl/N-ethyl adjacent to an activating group) is 1. The quantitative estimate of drug-likeness (QED) is 0.203. The summed E-state index contributed by atoms with van der Waals surface area (Å²) >= 11 is 0. The summed E-state index contributed by atoms with van der Waals surface area (Å²) in [5, 5.41) is 23.7. The van der Waals surface area contributed by atoms with E-state index >= 15 is 4.39 Å². The number of benzene rings is 1. The van der Waals surface area contributed by atoms with Gasteiger partial charge < -0.3 is 35.7 Å². The highest BCUT2D eigenvalue weighted by Crippen LogP contribution is 2.44. The number of aromatic nitrogens is 4. The van der Waals surface area contributed by atoms with Gasteiger partial charge in [0.25, 0.3) is 0 Å². The summed E-state index contributed by atoms with van der Waals surface area (Å²) < 4.78 is 31.8. The number of carboxylic acids is 1. The minimum atomic E-state index is -1.39. The third-order valence-electron chi connectivity index (χ3n) is 7.90. The lowest BCUT2D eigenvalue weighted by Gasteiger charge is -2.25. The average Bonchev–Trinajstić information content (AvgIpc) is 3.55. The predicted molar refractivity (Wildman–Crippen MR) is 156 cm³/mol. The number of aliphatic hydroxyl groups is 1. The number of carboxylic acid groups (broad SMARTS) is 1. The van der Waals surface area contributed by atoms with Gasteiger partial charge in [-0.2, -0.15) is 0 Å². The molecule has 0 bridgehead atoms. The van der Waals surface area contributed by atoms with Gasteiger partial charge in [0.15, 0.2) is 17.3 Å². The Morgan fingerprint density at radius 1 is 1.14 bits per heavy atom. The van der Waals surface area contributed by atoms with Crippen LogP contribution in [0.15, 0.2) is 35.5 Å². The molecule has 1 aromatic carbocycles. The van der Waals surface area contributed by atoms with E-state index in [1.807, 2.05) is 23.9 Å². The molecular weight excluding hydrogens is 550 g/mol. The SMILES string of the molecule is CNc1cc(F)c(F)c2c1[nH]c1ncc(-c3cnc4c(c3)c(=O)c(C(=O)O)cn4NC)c(N3C[C@@H](N(C)C)[C@@H](O)C3)c12. The van der Waals surface area contributed by atoms with Crippen molar-refractivity contribution < 1.29 is 23.8 Å². The van der Waals surface area contributed by atoms with E-state index in [4.69, 9.17) is 0 Å². The lowest BCUT2D eigenvalue weighted by atomic mass is 10.0. The summed E-state index contributed by atoms with van der Waals surface area (Å²) in [6.45, 7) is 0.549. The number of carbonyl (C=O) groups is 1. The Labute approximate surface area is 237 Å². The first-order valence-electron chi connectivity index (χ1n) is 13.1. The zero-order chi connectivity index (χ0) is 30.0. The number of aliphatic hydroxyl groups excluding tert-OH is 1. The fourth-order valence-electron chi connectivity index (χ4n) is 5.82. The second kappa shape index (κ2) is 9.92. The molecule has 0 unspecified atom stereocenters. The second-order valence-corrected chi connectivity index (χ2v) is 10.5. The van der Waals surface area contributed by atoms with E-state index in [9.17, 15) is 24.2 Å². The highest BCUT2D eigenvalue weighted by Gasteiger charge is 2.36. The maximum absolute atomic E-state index is 15.6. The van der Waals surface area contributed by atoms with Crippen LogP contribution in [0.25, 0.3) is 44.1 Å². The Hall–Kier alpha value is -4.82. The van der Waals surface area contributed by atoms with E-state index in [0.717, 1.165) is 12.3 Å². The number of nitrogens with one attached hydrogen (secondary N) is 3. The van der Waals surface area contributed by atoms with Crippen molar-refractivity contribution in [1.82, 2.24) is 24.5 Å². The number of pyridine rings is 3. The van der Waals surface area contributed by atoms with Crippen molar-refractivity contribution in [1.29, 1.82) is 0 Å². The zero-order valence-electron chi connectivity index (χ0n) is 23.2. The number of nitrogens with zero attached hydrogens (tertiary/aromatic N) is 5. The van der Waals surface area contributed by atoms with Crippen LogP contribution in [-0.4, -0.2) is 94.1 Å². The topological polar surface area (TPSA) is 152 Å². The van der Waals surface area contributed by atoms with Gasteiger partial charge in [0.05, 0.1) is 45.2 Å². The maximum Gasteiger partial charge on any atom is 0.341 e. The molecule has 0 saturated carbocycles. The number of H-pyrrole nitrogens is 1. The van der Waals surface area contributed by atoms with Gasteiger partial charge in [-0.25, -0.2) is 28.2 Å². The van der Waals surface area contributed by atoms with E-state index in [2.05, 4.69) is 25.7 Å². The summed E-state index contributed by atoms with van der Waals surface area (Å²) in [5.74, 6) is -3.49. The lowest BCUT2D eigenvalue weighted by Crippen LogP contribution is -2.38. The molecule has 5 heterocycles. The molecule has 0 spiro atoms. The van der Waals surface area contributed by atoms with Crippen LogP contribution in [0.2, 0.25) is 0 Å². The normalized spacial score (nSPS) is 17.2. The van der Waals surface area contributed by atoms with Gasteiger partial charge in [-0.3, -0.25) is 4.79 Å². The second-order valence-electron chi connectivity index (χ2n) is 10.5. The smallest absolute Gasteiger partial charge is 0.341 e. The van der Waals surface area contributed by atoms with Crippen LogP contribution >= 0.6 is 0 Å². The molecule has 1 fully saturated rings. The molecule has 1 aliphatic heterocycles. The summed E-state index contributed by atoms with van der Waals surface area (Å²) in [4.78, 5) is 40.9. The number of aromatic carboxylic acids is 1. The van der Waals surface area contributed by atoms with Gasteiger partial charge in [-0.05, 0) is 20.2 Å². The molecule has 6 rings (SSSR count). The van der Waals surface area contributed by atoms with E-state index < -0.39 is 34.7 Å². The highest BCUT2D eigenvalue weighted by atomic mass is 19.2. The van der Waals surface area contributed by atoms with Crippen molar-refractivity contribution in [2.45, 2.75) is 12.1 Å². The first kappa shape index (κ1) is 27.4. The van der Waals surface area contributed by atoms with Gasteiger partial charge in [-0.1, -0.05) is 0 Å². The standard InChI is InChI=1S/C28H28F2N8O4/c1-31-17-6-16(29)22(30)20-21-24(37-10-18(36(3)4)19(39)11-37)14(8-33-26(21)35-23(17)20)12-5-13-25(40)15(28(41)42)9-38(32-2)27(13)34-7-12/h5-9,18-19,31-32,39H,10-11H2,1-4H3,(H,33,35)(H,41,42)/t18-,19+/m1/s1. The molecule has 4 aromatic heterocycles. The summed E-state index contributed by atoms with van der Waals surface area (Å²) in [6.07, 6.45) is 3.46. The van der Waals surface area contributed by atoms with Crippen LogP contribution in [0.1, 0.15) is 10.4 Å². The van der Waals surface area contributed by atoms with Gasteiger partial charge in [0.1, 0.15) is 11.2 Å². The molecule has 0 radical (unpaired) electrons. The van der Waals surface area contributed by atoms with E-state index in [1.54, 1.807) is 14.1 Å². The Morgan fingerprint density at radius 3 is 2.55 bits per heavy atom. The molecule has 1 saturated heterocycles. The molecule has 14 heteroatoms. The fraction of sp³-hybridized carbons (Fsp3) is 0.286. The van der Waals surface area contributed by atoms with Crippen molar-refractivity contribution >= 4 is 50.3 Å². The average molecular weight is 579 g/mol. The molecule has 0 amide bonds. The fourth-order valence-corrected chi connectivity index (χ4v) is 5.82. The van der Waals surface area contributed by atoms with E-state index in [-0.39, 0.29) is 29.0 Å². The van der Waals surface area contributed by atoms with Gasteiger partial charge in [0, 0.05) is 63.0 Å². The van der Waals surface area contributed by atoms with Crippen molar-refractivity contribution in [3.05, 3.63) is 58.1 Å². The van der Waals surface area contributed by atoms with Crippen LogP contribution in [0.4, 0.5) is 20.2 Å². The summed E-state index contributed by atoms with van der Waals surface area (Å²) in [7, 11) is 6.85. The number of fused-ring (bicyclic) bond motifs is 4. The number of halogens is 2. The number of β-amino-alcohol motifs (C(OH)–C–C–N with tert-alkyl or cyclic N) is 1. The summed E-state index contributed by atoms with van der Waals surface area (Å²) in [6, 6.07) is 2.32. The predicted octanol–water partition coefficient (Wildman–Crippen LogP) is 2.40. The van der Waals surface area contributed by atoms with Crippen LogP contribution in [-0.2, 0) is 0 Å². The Morgan fingerprint density at radius 2 is 1.90 bits per heavy atom. The van der Waals surface area contributed by atoms with Crippen LogP contribution in [0.3, 0.4) is 0 Å². The van der Waals surface area contributed by atoms with Gasteiger partial charge in [-0.15, -0.1) is 0 Å². The molecule has 12 nitrogen and oxygen atoms in total. The maximum atomic E-state index is 15.6. The molecule has 0 aliphatic carbocycles. The Kier molecular flexibility index (Phi) is 6.46. The van der Waals surface area contributed by atoms with Crippen molar-refractivity contribution in [3.8, 4) is 11.1 Å². The van der Waals surface area contributed by atoms with Gasteiger partial charge >= 0.3 is 5.97 Å². The third kappa shape index (κ3) is 4.01. The molecule has 1 aliphatic rings. The summed E-state index contributed by atoms with van der Waals surface area (Å²) in [5.41, 5.74) is 4.09. The number of hydrogen-bond acceptors (Lipinski definition) is 9. The van der Waals surface area contributed by atoms with Crippen molar-refractivity contribution in [3.63, 3.8) is 0 Å². The third-order valence-corrected chi connectivity index (χ3v) is 7.90. The lowest BCUT2D eigenvalue weighted by molar-refractivity contribution is 0.0695. The van der Waals surface area contributed by atoms with Crippen LogP contribution in [0.5, 0.6) is 0 Å². The van der Waals surface area contributed by atoms with E-state index in [1.165, 1.54) is 23.1 Å². The monoisotopic (exact) mass is 578 g/mol. The molecule has 42 heavy (non-hydrogen) atoms. The minimum absolute atomic E-state index is 0.0130. The number of rotatable bonds is 6. The molecule has 2 atom stereocenters. The molecule has 5 N–H and O–H groups in total. The Balaban J connectivity index is 1.71. The molecule has 218 valence electrons. The van der Waals surface area contributed by atoms with Crippen LogP contribution in [0, 0.1) is 11.6 Å². The van der Waals surface area contributed by atoms with Crippen molar-refractivity contribution in [2.24, 2.45) is 0 Å². The first-order valence-corrected chi connectivity index (χ1v) is 13.1. The highest BCUT2D eigenvalue weighted by molar-refractivity contribution is 6.18. The number of anilines is 2. The van der Waals surface area contributed by atoms with Crippen LogP contribution < -0.4 is 21.1 Å². The molecular formula is C28H28F2N8O4. The number of hydrogen-bond donors (Lipinski definition) is 5. The largest absolute Gasteiger partial charge is 0.477 e. The molecule has 5 aromatic rings. The van der Waals surface area contributed by atoms with E-state index in [0.29, 0.717) is 45.6 Å². The zero-order valence-corrected chi connectivity index (χ0v) is 23.2. The first-order chi connectivity index (χ1) is 20.0. The minimum Gasteiger partial charge on any atom is -0.477 e.